The average Bonchev–Trinajstić information content (AvgIpc) is 3.06. The largest absolute Gasteiger partial charge is 0.414 e. The van der Waals surface area contributed by atoms with Crippen LogP contribution < -0.4 is 10.2 Å². The first-order valence-electron chi connectivity index (χ1n) is 7.27. The lowest BCUT2D eigenvalue weighted by Crippen LogP contribution is -3.10. The lowest BCUT2D eigenvalue weighted by atomic mass is 10.1. The van der Waals surface area contributed by atoms with Gasteiger partial charge in [0, 0.05) is 5.54 Å². The van der Waals surface area contributed by atoms with Gasteiger partial charge in [0.15, 0.2) is 12.6 Å². The summed E-state index contributed by atoms with van der Waals surface area (Å²) in [6.45, 7) is 8.24. The Balaban J connectivity index is 1.99. The Morgan fingerprint density at radius 3 is 2.77 bits per heavy atom. The summed E-state index contributed by atoms with van der Waals surface area (Å²) in [7, 11) is 1.95. The fraction of sp³-hybridized carbons (Fsp3) is 0.533. The van der Waals surface area contributed by atoms with Crippen molar-refractivity contribution in [2.45, 2.75) is 39.3 Å². The van der Waals surface area contributed by atoms with Crippen molar-refractivity contribution < 1.29 is 14.1 Å². The highest BCUT2D eigenvalue weighted by molar-refractivity contribution is 7.13. The molecule has 2 heterocycles. The van der Waals surface area contributed by atoms with E-state index in [9.17, 15) is 4.79 Å². The van der Waals surface area contributed by atoms with Gasteiger partial charge < -0.3 is 14.6 Å². The summed E-state index contributed by atoms with van der Waals surface area (Å²) in [6, 6.07) is 3.84. The highest BCUT2D eigenvalue weighted by Crippen LogP contribution is 2.24. The van der Waals surface area contributed by atoms with Gasteiger partial charge in [-0.2, -0.15) is 0 Å². The van der Waals surface area contributed by atoms with Gasteiger partial charge in [-0.1, -0.05) is 6.07 Å². The number of thiophene rings is 1. The van der Waals surface area contributed by atoms with E-state index in [2.05, 4.69) is 15.5 Å². The van der Waals surface area contributed by atoms with E-state index in [-0.39, 0.29) is 17.5 Å². The molecule has 0 bridgehead atoms. The van der Waals surface area contributed by atoms with Crippen molar-refractivity contribution in [2.75, 3.05) is 13.6 Å². The Kier molecular flexibility index (Phi) is 4.97. The zero-order chi connectivity index (χ0) is 16.3. The molecule has 0 aromatic carbocycles. The van der Waals surface area contributed by atoms with Crippen LogP contribution in [0.5, 0.6) is 0 Å². The second kappa shape index (κ2) is 6.58. The van der Waals surface area contributed by atoms with Crippen LogP contribution in [0.15, 0.2) is 21.9 Å². The molecule has 0 saturated carbocycles. The summed E-state index contributed by atoms with van der Waals surface area (Å²) in [5, 5.41) is 13.1. The lowest BCUT2D eigenvalue weighted by molar-refractivity contribution is -0.903. The Hall–Kier alpha value is -1.73. The average molecular weight is 323 g/mol. The molecule has 2 aromatic heterocycles. The quantitative estimate of drug-likeness (QED) is 0.870. The molecule has 1 unspecified atom stereocenters. The molecule has 0 aliphatic heterocycles. The van der Waals surface area contributed by atoms with Crippen molar-refractivity contribution >= 4 is 17.2 Å². The molecule has 0 radical (unpaired) electrons. The van der Waals surface area contributed by atoms with Crippen molar-refractivity contribution in [3.63, 3.8) is 0 Å². The molecule has 22 heavy (non-hydrogen) atoms. The first kappa shape index (κ1) is 16.6. The number of nitrogens with zero attached hydrogens (tertiary/aromatic N) is 2. The van der Waals surface area contributed by atoms with Crippen molar-refractivity contribution in [3.8, 4) is 10.8 Å². The number of carbonyl (C=O) groups excluding carboxylic acids is 1. The minimum atomic E-state index is -0.225. The molecule has 0 aliphatic rings. The predicted molar refractivity (Wildman–Crippen MR) is 85.7 cm³/mol. The third kappa shape index (κ3) is 4.38. The summed E-state index contributed by atoms with van der Waals surface area (Å²) in [6.07, 6.45) is 0. The summed E-state index contributed by atoms with van der Waals surface area (Å²) in [5.74, 6) is 1.09. The maximum absolute atomic E-state index is 12.0. The van der Waals surface area contributed by atoms with Gasteiger partial charge in [0.25, 0.3) is 17.7 Å². The third-order valence-electron chi connectivity index (χ3n) is 3.24. The molecule has 2 aromatic rings. The predicted octanol–water partition coefficient (Wildman–Crippen LogP) is 1.29. The molecule has 0 fully saturated rings. The van der Waals surface area contributed by atoms with Gasteiger partial charge in [-0.05, 0) is 39.1 Å². The van der Waals surface area contributed by atoms with Crippen molar-refractivity contribution in [1.82, 2.24) is 15.5 Å². The van der Waals surface area contributed by atoms with Crippen LogP contribution in [0.1, 0.15) is 39.6 Å². The van der Waals surface area contributed by atoms with Crippen LogP contribution in [0.4, 0.5) is 0 Å². The second-order valence-electron chi connectivity index (χ2n) is 6.47. The van der Waals surface area contributed by atoms with Gasteiger partial charge in [-0.15, -0.1) is 21.5 Å². The number of amides is 1. The zero-order valence-electron chi connectivity index (χ0n) is 13.6. The minimum absolute atomic E-state index is 0.00912. The molecule has 120 valence electrons. The number of aromatic nitrogens is 2. The number of likely N-dealkylation sites (N-methyl/N-ethyl adjacent to an activating group) is 1. The molecule has 2 atom stereocenters. The third-order valence-corrected chi connectivity index (χ3v) is 4.09. The van der Waals surface area contributed by atoms with E-state index in [1.54, 1.807) is 11.3 Å². The van der Waals surface area contributed by atoms with Crippen LogP contribution in [-0.2, 0) is 4.79 Å². The van der Waals surface area contributed by atoms with E-state index in [1.807, 2.05) is 52.3 Å². The Morgan fingerprint density at radius 2 is 2.18 bits per heavy atom. The standard InChI is InChI=1S/C15H22N4O2S/c1-10(19(5)9-12(20)16-15(2,3)4)13-17-18-14(21-13)11-7-6-8-22-11/h6-8,10H,9H2,1-5H3,(H,16,20)/p+1/t10-/m0/s1. The van der Waals surface area contributed by atoms with E-state index in [4.69, 9.17) is 4.42 Å². The molecule has 7 heteroatoms. The number of hydrogen-bond donors (Lipinski definition) is 2. The summed E-state index contributed by atoms with van der Waals surface area (Å²) in [5.41, 5.74) is -0.225. The molecule has 0 saturated heterocycles. The molecular weight excluding hydrogens is 300 g/mol. The first-order valence-corrected chi connectivity index (χ1v) is 8.15. The highest BCUT2D eigenvalue weighted by Gasteiger charge is 2.25. The molecule has 6 nitrogen and oxygen atoms in total. The first-order chi connectivity index (χ1) is 10.3. The minimum Gasteiger partial charge on any atom is -0.414 e. The normalized spacial score (nSPS) is 14.6. The van der Waals surface area contributed by atoms with E-state index in [0.29, 0.717) is 18.3 Å². The molecule has 1 amide bonds. The van der Waals surface area contributed by atoms with E-state index in [1.165, 1.54) is 0 Å². The topological polar surface area (TPSA) is 72.5 Å². The van der Waals surface area contributed by atoms with Crippen molar-refractivity contribution in [2.24, 2.45) is 0 Å². The molecule has 0 spiro atoms. The molecule has 2 rings (SSSR count). The monoisotopic (exact) mass is 323 g/mol. The maximum atomic E-state index is 12.0. The number of hydrogen-bond acceptors (Lipinski definition) is 5. The Morgan fingerprint density at radius 1 is 1.45 bits per heavy atom. The Labute approximate surface area is 134 Å². The van der Waals surface area contributed by atoms with Crippen LogP contribution >= 0.6 is 11.3 Å². The maximum Gasteiger partial charge on any atom is 0.275 e. The molecular formula is C15H23N4O2S+. The summed E-state index contributed by atoms with van der Waals surface area (Å²) < 4.78 is 5.73. The number of nitrogens with one attached hydrogen (secondary N) is 2. The highest BCUT2D eigenvalue weighted by atomic mass is 32.1. The van der Waals surface area contributed by atoms with Crippen LogP contribution in [-0.4, -0.2) is 35.2 Å². The number of rotatable bonds is 5. The summed E-state index contributed by atoms with van der Waals surface area (Å²) >= 11 is 1.56. The number of quaternary nitrogens is 1. The smallest absolute Gasteiger partial charge is 0.275 e. The van der Waals surface area contributed by atoms with Gasteiger partial charge in [0.1, 0.15) is 0 Å². The van der Waals surface area contributed by atoms with E-state index >= 15 is 0 Å². The summed E-state index contributed by atoms with van der Waals surface area (Å²) in [4.78, 5) is 14.0. The van der Waals surface area contributed by atoms with Crippen LogP contribution in [0.25, 0.3) is 10.8 Å². The lowest BCUT2D eigenvalue weighted by Gasteiger charge is -2.23. The van der Waals surface area contributed by atoms with Gasteiger partial charge in [-0.25, -0.2) is 0 Å². The van der Waals surface area contributed by atoms with E-state index < -0.39 is 0 Å². The van der Waals surface area contributed by atoms with Gasteiger partial charge in [0.2, 0.25) is 0 Å². The molecule has 0 aliphatic carbocycles. The van der Waals surface area contributed by atoms with Crippen molar-refractivity contribution in [1.29, 1.82) is 0 Å². The van der Waals surface area contributed by atoms with Crippen LogP contribution in [0, 0.1) is 0 Å². The second-order valence-corrected chi connectivity index (χ2v) is 7.41. The Bertz CT molecular complexity index is 616. The van der Waals surface area contributed by atoms with Crippen LogP contribution in [0.2, 0.25) is 0 Å². The number of carbonyl (C=O) groups is 1. The fourth-order valence-corrected chi connectivity index (χ4v) is 2.63. The van der Waals surface area contributed by atoms with Crippen molar-refractivity contribution in [3.05, 3.63) is 23.4 Å². The SMILES string of the molecule is C[C@@H](c1nnc(-c2cccs2)o1)[NH+](C)CC(=O)NC(C)(C)C. The molecule has 2 N–H and O–H groups in total. The van der Waals surface area contributed by atoms with Gasteiger partial charge in [0.05, 0.1) is 11.9 Å². The van der Waals surface area contributed by atoms with E-state index in [0.717, 1.165) is 9.78 Å². The zero-order valence-corrected chi connectivity index (χ0v) is 14.5. The van der Waals surface area contributed by atoms with Gasteiger partial charge >= 0.3 is 0 Å². The fourth-order valence-electron chi connectivity index (χ4n) is 1.99. The van der Waals surface area contributed by atoms with Gasteiger partial charge in [-0.3, -0.25) is 4.79 Å². The van der Waals surface area contributed by atoms with Crippen LogP contribution in [0.3, 0.4) is 0 Å².